The van der Waals surface area contributed by atoms with Crippen LogP contribution in [0.25, 0.3) is 0 Å². The first-order valence-corrected chi connectivity index (χ1v) is 8.35. The zero-order chi connectivity index (χ0) is 15.6. The number of hydrogen-bond donors (Lipinski definition) is 1. The largest absolute Gasteiger partial charge is 0.356 e. The number of carbonyl (C=O) groups excluding carboxylic acids is 1. The number of amides is 1. The van der Waals surface area contributed by atoms with Gasteiger partial charge in [-0.1, -0.05) is 16.8 Å². The van der Waals surface area contributed by atoms with Gasteiger partial charge in [-0.15, -0.1) is 0 Å². The molecule has 1 aromatic heterocycles. The average Bonchev–Trinajstić information content (AvgIpc) is 3.00. The molecular weight excluding hydrogens is 278 g/mol. The zero-order valence-corrected chi connectivity index (χ0v) is 13.5. The molecule has 1 aromatic rings. The quantitative estimate of drug-likeness (QED) is 0.868. The molecule has 0 radical (unpaired) electrons. The molecule has 1 saturated heterocycles. The van der Waals surface area contributed by atoms with Crippen molar-refractivity contribution in [1.82, 2.24) is 15.5 Å². The Bertz CT molecular complexity index is 564. The van der Waals surface area contributed by atoms with Crippen molar-refractivity contribution < 1.29 is 9.32 Å². The third-order valence-corrected chi connectivity index (χ3v) is 4.95. The third-order valence-electron chi connectivity index (χ3n) is 4.95. The fourth-order valence-corrected chi connectivity index (χ4v) is 3.35. The Hall–Kier alpha value is -1.65. The van der Waals surface area contributed by atoms with Gasteiger partial charge in [-0.2, -0.15) is 4.98 Å². The molecule has 22 heavy (non-hydrogen) atoms. The molecule has 1 aliphatic heterocycles. The lowest BCUT2D eigenvalue weighted by Crippen LogP contribution is -2.35. The van der Waals surface area contributed by atoms with E-state index < -0.39 is 0 Å². The van der Waals surface area contributed by atoms with Gasteiger partial charge in [0, 0.05) is 24.8 Å². The van der Waals surface area contributed by atoms with Crippen LogP contribution in [0.1, 0.15) is 64.1 Å². The minimum atomic E-state index is -0.150. The number of carbonyl (C=O) groups is 1. The summed E-state index contributed by atoms with van der Waals surface area (Å²) < 4.78 is 5.47. The van der Waals surface area contributed by atoms with Gasteiger partial charge in [0.05, 0.1) is 0 Å². The molecule has 5 nitrogen and oxygen atoms in total. The van der Waals surface area contributed by atoms with Crippen molar-refractivity contribution in [3.63, 3.8) is 0 Å². The molecule has 1 fully saturated rings. The van der Waals surface area contributed by atoms with Gasteiger partial charge >= 0.3 is 0 Å². The zero-order valence-electron chi connectivity index (χ0n) is 13.5. The molecular formula is C17H25N3O2. The molecule has 2 heterocycles. The maximum absolute atomic E-state index is 11.2. The van der Waals surface area contributed by atoms with Gasteiger partial charge in [-0.25, -0.2) is 0 Å². The van der Waals surface area contributed by atoms with Crippen molar-refractivity contribution in [2.24, 2.45) is 5.92 Å². The van der Waals surface area contributed by atoms with Crippen molar-refractivity contribution in [3.8, 4) is 0 Å². The smallest absolute Gasteiger partial charge is 0.227 e. The van der Waals surface area contributed by atoms with Gasteiger partial charge in [0.2, 0.25) is 11.8 Å². The highest BCUT2D eigenvalue weighted by Gasteiger charge is 2.32. The van der Waals surface area contributed by atoms with E-state index in [0.29, 0.717) is 24.8 Å². The van der Waals surface area contributed by atoms with Crippen LogP contribution in [0.3, 0.4) is 0 Å². The molecule has 0 saturated carbocycles. The highest BCUT2D eigenvalue weighted by atomic mass is 16.5. The van der Waals surface area contributed by atoms with Gasteiger partial charge in [0.25, 0.3) is 0 Å². The Morgan fingerprint density at radius 3 is 2.91 bits per heavy atom. The van der Waals surface area contributed by atoms with E-state index in [2.05, 4.69) is 35.4 Å². The van der Waals surface area contributed by atoms with E-state index in [-0.39, 0.29) is 11.3 Å². The summed E-state index contributed by atoms with van der Waals surface area (Å²) in [4.78, 5) is 15.8. The van der Waals surface area contributed by atoms with Gasteiger partial charge in [0.15, 0.2) is 5.82 Å². The lowest BCUT2D eigenvalue weighted by Gasteiger charge is -2.27. The second kappa shape index (κ2) is 6.23. The Balaban J connectivity index is 1.67. The molecule has 0 unspecified atom stereocenters. The number of allylic oxidation sites excluding steroid dienone is 2. The number of nitrogens with one attached hydrogen (secondary N) is 1. The fourth-order valence-electron chi connectivity index (χ4n) is 3.35. The average molecular weight is 303 g/mol. The second-order valence-electron chi connectivity index (χ2n) is 7.02. The van der Waals surface area contributed by atoms with E-state index in [4.69, 9.17) is 4.52 Å². The van der Waals surface area contributed by atoms with Crippen molar-refractivity contribution in [2.45, 2.75) is 64.2 Å². The normalized spacial score (nSPS) is 23.1. The number of hydrogen-bond acceptors (Lipinski definition) is 4. The van der Waals surface area contributed by atoms with Crippen LogP contribution in [-0.2, 0) is 16.6 Å². The van der Waals surface area contributed by atoms with Crippen molar-refractivity contribution in [3.05, 3.63) is 23.4 Å². The minimum Gasteiger partial charge on any atom is -0.356 e. The Morgan fingerprint density at radius 2 is 2.23 bits per heavy atom. The van der Waals surface area contributed by atoms with Crippen LogP contribution < -0.4 is 5.32 Å². The summed E-state index contributed by atoms with van der Waals surface area (Å²) in [5, 5.41) is 7.13. The number of aromatic nitrogens is 2. The van der Waals surface area contributed by atoms with Crippen LogP contribution in [0.4, 0.5) is 0 Å². The first kappa shape index (κ1) is 15.3. The SMILES string of the molecule is CC(C)(C1=CCCCC1)c1noc(C[C@H]2CCC(=O)NC2)n1. The molecule has 120 valence electrons. The molecule has 2 aliphatic rings. The van der Waals surface area contributed by atoms with E-state index >= 15 is 0 Å². The van der Waals surface area contributed by atoms with Crippen LogP contribution in [0, 0.1) is 5.92 Å². The van der Waals surface area contributed by atoms with E-state index in [1.165, 1.54) is 18.4 Å². The van der Waals surface area contributed by atoms with Gasteiger partial charge in [-0.3, -0.25) is 4.79 Å². The molecule has 1 aliphatic carbocycles. The Labute approximate surface area is 131 Å². The minimum absolute atomic E-state index is 0.146. The summed E-state index contributed by atoms with van der Waals surface area (Å²) in [5.74, 6) is 2.03. The van der Waals surface area contributed by atoms with E-state index in [1.807, 2.05) is 0 Å². The summed E-state index contributed by atoms with van der Waals surface area (Å²) in [7, 11) is 0. The van der Waals surface area contributed by atoms with Crippen LogP contribution in [0.15, 0.2) is 16.2 Å². The van der Waals surface area contributed by atoms with Crippen LogP contribution >= 0.6 is 0 Å². The van der Waals surface area contributed by atoms with Crippen molar-refractivity contribution >= 4 is 5.91 Å². The van der Waals surface area contributed by atoms with Crippen LogP contribution in [0.2, 0.25) is 0 Å². The predicted molar refractivity (Wildman–Crippen MR) is 83.3 cm³/mol. The van der Waals surface area contributed by atoms with Crippen molar-refractivity contribution in [1.29, 1.82) is 0 Å². The molecule has 1 atom stereocenters. The number of piperidine rings is 1. The summed E-state index contributed by atoms with van der Waals surface area (Å²) in [6, 6.07) is 0. The molecule has 0 bridgehead atoms. The standard InChI is InChI=1S/C17H25N3O2/c1-17(2,13-6-4-3-5-7-13)16-19-15(22-20-16)10-12-8-9-14(21)18-11-12/h6,12H,3-5,7-11H2,1-2H3,(H,18,21)/t12-/m1/s1. The van der Waals surface area contributed by atoms with Gasteiger partial charge in [-0.05, 0) is 51.9 Å². The second-order valence-corrected chi connectivity index (χ2v) is 7.02. The molecule has 0 aromatic carbocycles. The van der Waals surface area contributed by atoms with Crippen LogP contribution in [0.5, 0.6) is 0 Å². The van der Waals surface area contributed by atoms with Gasteiger partial charge in [0.1, 0.15) is 0 Å². The number of nitrogens with zero attached hydrogens (tertiary/aromatic N) is 2. The molecule has 3 rings (SSSR count). The molecule has 0 spiro atoms. The Kier molecular flexibility index (Phi) is 4.32. The fraction of sp³-hybridized carbons (Fsp3) is 0.706. The molecule has 1 N–H and O–H groups in total. The summed E-state index contributed by atoms with van der Waals surface area (Å²) in [5.41, 5.74) is 1.28. The highest BCUT2D eigenvalue weighted by Crippen LogP contribution is 2.35. The van der Waals surface area contributed by atoms with Crippen LogP contribution in [-0.4, -0.2) is 22.6 Å². The lowest BCUT2D eigenvalue weighted by molar-refractivity contribution is -0.122. The van der Waals surface area contributed by atoms with E-state index in [1.54, 1.807) is 0 Å². The first-order chi connectivity index (χ1) is 10.6. The van der Waals surface area contributed by atoms with Gasteiger partial charge < -0.3 is 9.84 Å². The van der Waals surface area contributed by atoms with E-state index in [9.17, 15) is 4.79 Å². The summed E-state index contributed by atoms with van der Waals surface area (Å²) in [6.07, 6.45) is 9.42. The highest BCUT2D eigenvalue weighted by molar-refractivity contribution is 5.76. The maximum Gasteiger partial charge on any atom is 0.227 e. The maximum atomic E-state index is 11.2. The third kappa shape index (κ3) is 3.23. The summed E-state index contributed by atoms with van der Waals surface area (Å²) >= 11 is 0. The Morgan fingerprint density at radius 1 is 1.36 bits per heavy atom. The summed E-state index contributed by atoms with van der Waals surface area (Å²) in [6.45, 7) is 5.07. The predicted octanol–water partition coefficient (Wildman–Crippen LogP) is 2.92. The van der Waals surface area contributed by atoms with Crippen molar-refractivity contribution in [2.75, 3.05) is 6.54 Å². The number of rotatable bonds is 4. The molecule has 1 amide bonds. The first-order valence-electron chi connectivity index (χ1n) is 8.35. The lowest BCUT2D eigenvalue weighted by atomic mass is 9.78. The van der Waals surface area contributed by atoms with E-state index in [0.717, 1.165) is 31.5 Å². The molecule has 5 heteroatoms. The monoisotopic (exact) mass is 303 g/mol. The topological polar surface area (TPSA) is 68.0 Å².